The third-order valence-corrected chi connectivity index (χ3v) is 6.82. The zero-order valence-corrected chi connectivity index (χ0v) is 21.5. The maximum absolute atomic E-state index is 13.1. The number of unbranched alkanes of at least 4 members (excludes halogenated alkanes) is 1. The first-order valence-electron chi connectivity index (χ1n) is 13.2. The largest absolute Gasteiger partial charge is 0.492 e. The lowest BCUT2D eigenvalue weighted by Crippen LogP contribution is -2.25. The molecule has 4 aromatic rings. The Morgan fingerprint density at radius 1 is 0.868 bits per heavy atom. The van der Waals surface area contributed by atoms with Gasteiger partial charge in [-0.1, -0.05) is 31.5 Å². The third kappa shape index (κ3) is 6.13. The fraction of sp³-hybridized carbons (Fsp3) is 0.367. The third-order valence-electron chi connectivity index (χ3n) is 6.82. The van der Waals surface area contributed by atoms with Crippen molar-refractivity contribution in [3.8, 4) is 28.6 Å². The van der Waals surface area contributed by atoms with Crippen LogP contribution in [0.15, 0.2) is 66.7 Å². The van der Waals surface area contributed by atoms with Gasteiger partial charge in [-0.2, -0.15) is 13.2 Å². The van der Waals surface area contributed by atoms with Crippen LogP contribution < -0.4 is 9.47 Å². The van der Waals surface area contributed by atoms with Crippen molar-refractivity contribution >= 4 is 11.0 Å². The Labute approximate surface area is 220 Å². The molecule has 0 unspecified atom stereocenters. The highest BCUT2D eigenvalue weighted by molar-refractivity contribution is 5.82. The van der Waals surface area contributed by atoms with Gasteiger partial charge in [-0.3, -0.25) is 4.90 Å². The average Bonchev–Trinajstić information content (AvgIpc) is 3.55. The number of halogens is 3. The van der Waals surface area contributed by atoms with Crippen molar-refractivity contribution in [1.29, 1.82) is 0 Å². The molecule has 1 saturated heterocycles. The van der Waals surface area contributed by atoms with Crippen LogP contribution in [-0.4, -0.2) is 40.7 Å². The molecule has 0 N–H and O–H groups in total. The summed E-state index contributed by atoms with van der Waals surface area (Å²) in [6.07, 6.45) is 0.111. The van der Waals surface area contributed by atoms with Crippen molar-refractivity contribution in [2.45, 2.75) is 45.3 Å². The summed E-state index contributed by atoms with van der Waals surface area (Å²) < 4.78 is 53.5. The number of nitrogens with zero attached hydrogens (tertiary/aromatic N) is 3. The smallest absolute Gasteiger partial charge is 0.416 e. The Bertz CT molecular complexity index is 1380. The zero-order valence-electron chi connectivity index (χ0n) is 21.5. The predicted molar refractivity (Wildman–Crippen MR) is 143 cm³/mol. The zero-order chi connectivity index (χ0) is 26.5. The molecule has 0 spiro atoms. The van der Waals surface area contributed by atoms with Gasteiger partial charge < -0.3 is 14.0 Å². The minimum absolute atomic E-state index is 0.132. The van der Waals surface area contributed by atoms with E-state index in [1.165, 1.54) is 25.0 Å². The molecule has 5 nitrogen and oxygen atoms in total. The van der Waals surface area contributed by atoms with Crippen LogP contribution in [0.2, 0.25) is 0 Å². The molecule has 0 atom stereocenters. The van der Waals surface area contributed by atoms with Crippen LogP contribution in [-0.2, 0) is 12.7 Å². The molecule has 0 saturated carbocycles. The minimum atomic E-state index is -4.43. The van der Waals surface area contributed by atoms with Crippen LogP contribution in [0.25, 0.3) is 22.4 Å². The van der Waals surface area contributed by atoms with Gasteiger partial charge in [-0.25, -0.2) is 4.98 Å². The number of imidazole rings is 1. The van der Waals surface area contributed by atoms with Crippen molar-refractivity contribution in [2.24, 2.45) is 0 Å². The maximum atomic E-state index is 13.1. The molecule has 38 heavy (non-hydrogen) atoms. The highest BCUT2D eigenvalue weighted by Gasteiger charge is 2.30. The van der Waals surface area contributed by atoms with Crippen molar-refractivity contribution in [2.75, 3.05) is 26.2 Å². The molecule has 1 fully saturated rings. The number of hydrogen-bond donors (Lipinski definition) is 0. The van der Waals surface area contributed by atoms with E-state index in [0.29, 0.717) is 12.4 Å². The SMILES string of the molecule is CCCCn1c(-c2cccc(Oc3cccc(C(F)(F)F)c3)c2)nc2ccc(OCCN3CCCC3)cc21. The van der Waals surface area contributed by atoms with Gasteiger partial charge in [0.1, 0.15) is 29.7 Å². The molecule has 200 valence electrons. The van der Waals surface area contributed by atoms with Crippen molar-refractivity contribution < 1.29 is 22.6 Å². The molecule has 0 amide bonds. The van der Waals surface area contributed by atoms with Crippen molar-refractivity contribution in [1.82, 2.24) is 14.5 Å². The lowest BCUT2D eigenvalue weighted by molar-refractivity contribution is -0.137. The summed E-state index contributed by atoms with van der Waals surface area (Å²) in [7, 11) is 0. The quantitative estimate of drug-likeness (QED) is 0.213. The number of alkyl halides is 3. The average molecular weight is 524 g/mol. The maximum Gasteiger partial charge on any atom is 0.416 e. The summed E-state index contributed by atoms with van der Waals surface area (Å²) >= 11 is 0. The fourth-order valence-electron chi connectivity index (χ4n) is 4.82. The van der Waals surface area contributed by atoms with Gasteiger partial charge in [0.15, 0.2) is 0 Å². The van der Waals surface area contributed by atoms with Gasteiger partial charge in [0.2, 0.25) is 0 Å². The first-order valence-corrected chi connectivity index (χ1v) is 13.2. The second-order valence-corrected chi connectivity index (χ2v) is 9.64. The Morgan fingerprint density at radius 3 is 2.39 bits per heavy atom. The summed E-state index contributed by atoms with van der Waals surface area (Å²) in [6, 6.07) is 18.2. The summed E-state index contributed by atoms with van der Waals surface area (Å²) in [5, 5.41) is 0. The van der Waals surface area contributed by atoms with E-state index in [-0.39, 0.29) is 5.75 Å². The molecule has 1 aromatic heterocycles. The van der Waals surface area contributed by atoms with Crippen LogP contribution in [0.5, 0.6) is 17.2 Å². The molecule has 0 aliphatic carbocycles. The summed E-state index contributed by atoms with van der Waals surface area (Å²) in [6.45, 7) is 6.80. The van der Waals surface area contributed by atoms with E-state index >= 15 is 0 Å². The lowest BCUT2D eigenvalue weighted by Gasteiger charge is -2.15. The van der Waals surface area contributed by atoms with Gasteiger partial charge >= 0.3 is 6.18 Å². The van der Waals surface area contributed by atoms with Crippen LogP contribution in [0.4, 0.5) is 13.2 Å². The van der Waals surface area contributed by atoms with Gasteiger partial charge in [0.05, 0.1) is 16.6 Å². The van der Waals surface area contributed by atoms with E-state index in [1.807, 2.05) is 30.3 Å². The number of benzene rings is 3. The van der Waals surface area contributed by atoms with Crippen LogP contribution in [0, 0.1) is 0 Å². The molecule has 1 aliphatic heterocycles. The van der Waals surface area contributed by atoms with Crippen molar-refractivity contribution in [3.63, 3.8) is 0 Å². The number of likely N-dealkylation sites (tertiary alicyclic amines) is 1. The number of fused-ring (bicyclic) bond motifs is 1. The Kier molecular flexibility index (Phi) is 7.88. The van der Waals surface area contributed by atoms with Crippen LogP contribution in [0.1, 0.15) is 38.2 Å². The van der Waals surface area contributed by atoms with E-state index in [9.17, 15) is 13.2 Å². The minimum Gasteiger partial charge on any atom is -0.492 e. The van der Waals surface area contributed by atoms with E-state index in [2.05, 4.69) is 22.5 Å². The molecule has 5 rings (SSSR count). The first kappa shape index (κ1) is 26.1. The normalized spacial score (nSPS) is 14.3. The van der Waals surface area contributed by atoms with Crippen molar-refractivity contribution in [3.05, 3.63) is 72.3 Å². The number of hydrogen-bond acceptors (Lipinski definition) is 4. The van der Waals surface area contributed by atoms with E-state index in [0.717, 1.165) is 79.3 Å². The molecule has 3 aromatic carbocycles. The molecule has 0 bridgehead atoms. The van der Waals surface area contributed by atoms with Gasteiger partial charge in [0.25, 0.3) is 0 Å². The van der Waals surface area contributed by atoms with Crippen LogP contribution in [0.3, 0.4) is 0 Å². The molecule has 0 radical (unpaired) electrons. The molecule has 2 heterocycles. The van der Waals surface area contributed by atoms with E-state index in [4.69, 9.17) is 14.5 Å². The molecular weight excluding hydrogens is 491 g/mol. The highest BCUT2D eigenvalue weighted by Crippen LogP contribution is 2.34. The predicted octanol–water partition coefficient (Wildman–Crippen LogP) is 7.79. The fourth-order valence-corrected chi connectivity index (χ4v) is 4.82. The number of aromatic nitrogens is 2. The molecule has 1 aliphatic rings. The Morgan fingerprint density at radius 2 is 1.63 bits per heavy atom. The van der Waals surface area contributed by atoms with Gasteiger partial charge in [-0.15, -0.1) is 0 Å². The van der Waals surface area contributed by atoms with E-state index in [1.54, 1.807) is 6.07 Å². The van der Waals surface area contributed by atoms with Gasteiger partial charge in [0, 0.05) is 24.7 Å². The highest BCUT2D eigenvalue weighted by atomic mass is 19.4. The Balaban J connectivity index is 1.40. The summed E-state index contributed by atoms with van der Waals surface area (Å²) in [5.74, 6) is 2.19. The number of rotatable bonds is 10. The summed E-state index contributed by atoms with van der Waals surface area (Å²) in [4.78, 5) is 7.34. The second kappa shape index (κ2) is 11.5. The van der Waals surface area contributed by atoms with Gasteiger partial charge in [-0.05, 0) is 74.8 Å². The summed E-state index contributed by atoms with van der Waals surface area (Å²) in [5.41, 5.74) is 1.95. The molecular formula is C30H32F3N3O2. The van der Waals surface area contributed by atoms with Crippen LogP contribution >= 0.6 is 0 Å². The number of aryl methyl sites for hydroxylation is 1. The Hall–Kier alpha value is -3.52. The monoisotopic (exact) mass is 523 g/mol. The molecule has 8 heteroatoms. The van der Waals surface area contributed by atoms with E-state index < -0.39 is 11.7 Å². The topological polar surface area (TPSA) is 39.5 Å². The second-order valence-electron chi connectivity index (χ2n) is 9.64. The standard InChI is InChI=1S/C30H32F3N3O2/c1-2-3-16-36-28-21-24(37-18-17-35-14-4-5-15-35)12-13-27(28)34-29(36)22-8-6-10-25(19-22)38-26-11-7-9-23(20-26)30(31,32)33/h6-13,19-21H,2-5,14-18H2,1H3. The first-order chi connectivity index (χ1) is 18.4. The number of ether oxygens (including phenoxy) is 2. The lowest BCUT2D eigenvalue weighted by atomic mass is 10.2.